The molecule has 0 fully saturated rings. The third kappa shape index (κ3) is 4.75. The Hall–Kier alpha value is -3.03. The Kier molecular flexibility index (Phi) is 6.21. The van der Waals surface area contributed by atoms with Gasteiger partial charge in [-0.2, -0.15) is 5.10 Å². The second-order valence-electron chi connectivity index (χ2n) is 5.21. The molecule has 0 radical (unpaired) electrons. The van der Waals surface area contributed by atoms with Gasteiger partial charge in [0, 0.05) is 16.3 Å². The highest BCUT2D eigenvalue weighted by atomic mass is 35.5. The maximum Gasteiger partial charge on any atom is 0.273 e. The van der Waals surface area contributed by atoms with Crippen LogP contribution in [0, 0.1) is 0 Å². The van der Waals surface area contributed by atoms with Crippen LogP contribution < -0.4 is 16.8 Å². The Morgan fingerprint density at radius 1 is 1.08 bits per heavy atom. The third-order valence-corrected chi connectivity index (χ3v) is 3.60. The first-order valence-corrected chi connectivity index (χ1v) is 7.71. The monoisotopic (exact) mass is 390 g/mol. The minimum Gasteiger partial charge on any atom is -0.370 e. The fraction of sp³-hybridized carbons (Fsp3) is 0. The summed E-state index contributed by atoms with van der Waals surface area (Å²) < 4.78 is 0. The molecule has 0 saturated carbocycles. The van der Waals surface area contributed by atoms with E-state index in [1.807, 2.05) is 12.1 Å². The predicted octanol–water partition coefficient (Wildman–Crippen LogP) is 3.31. The molecule has 1 amide bonds. The average molecular weight is 391 g/mol. The molecule has 1 aromatic heterocycles. The third-order valence-electron chi connectivity index (χ3n) is 3.35. The van der Waals surface area contributed by atoms with Crippen LogP contribution in [0.2, 0.25) is 5.02 Å². The molecule has 0 unspecified atom stereocenters. The van der Waals surface area contributed by atoms with Gasteiger partial charge in [-0.15, -0.1) is 12.4 Å². The predicted molar refractivity (Wildman–Crippen MR) is 106 cm³/mol. The second-order valence-corrected chi connectivity index (χ2v) is 5.65. The summed E-state index contributed by atoms with van der Waals surface area (Å²) in [6, 6.07) is 15.7. The van der Waals surface area contributed by atoms with Gasteiger partial charge >= 0.3 is 0 Å². The van der Waals surface area contributed by atoms with Gasteiger partial charge in [-0.3, -0.25) is 9.89 Å². The molecule has 1 heterocycles. The molecule has 9 heteroatoms. The van der Waals surface area contributed by atoms with Crippen LogP contribution in [-0.4, -0.2) is 22.1 Å². The Morgan fingerprint density at radius 3 is 2.35 bits per heavy atom. The number of halogens is 2. The molecule has 6 N–H and O–H groups in total. The molecule has 134 valence electrons. The Labute approximate surface area is 160 Å². The standard InChI is InChI=1S/C17H15ClN6O.ClH/c18-11-3-7-12(8-4-11)21-16(25)15-9-14(23-24-15)10-1-5-13(6-2-10)22-17(19)20;/h1-9H,(H,21,25)(H,23,24)(H4,19,20,22);1H. The molecule has 26 heavy (non-hydrogen) atoms. The van der Waals surface area contributed by atoms with Crippen molar-refractivity contribution in [2.24, 2.45) is 16.5 Å². The highest BCUT2D eigenvalue weighted by Gasteiger charge is 2.11. The van der Waals surface area contributed by atoms with Crippen molar-refractivity contribution >= 4 is 47.2 Å². The first kappa shape index (κ1) is 19.3. The van der Waals surface area contributed by atoms with Crippen LogP contribution in [-0.2, 0) is 0 Å². The van der Waals surface area contributed by atoms with E-state index in [1.165, 1.54) is 0 Å². The number of nitrogens with two attached hydrogens (primary N) is 2. The van der Waals surface area contributed by atoms with Crippen molar-refractivity contribution in [3.8, 4) is 11.3 Å². The number of aliphatic imine (C=N–C) groups is 1. The van der Waals surface area contributed by atoms with Crippen molar-refractivity contribution in [3.63, 3.8) is 0 Å². The number of hydrogen-bond donors (Lipinski definition) is 4. The van der Waals surface area contributed by atoms with Crippen LogP contribution in [0.25, 0.3) is 11.3 Å². The lowest BCUT2D eigenvalue weighted by molar-refractivity contribution is 0.102. The fourth-order valence-corrected chi connectivity index (χ4v) is 2.30. The summed E-state index contributed by atoms with van der Waals surface area (Å²) in [5.74, 6) is -0.299. The van der Waals surface area contributed by atoms with Crippen LogP contribution in [0.3, 0.4) is 0 Å². The van der Waals surface area contributed by atoms with Crippen LogP contribution in [0.5, 0.6) is 0 Å². The zero-order valence-corrected chi connectivity index (χ0v) is 15.0. The molecule has 0 aliphatic rings. The first-order valence-electron chi connectivity index (χ1n) is 7.33. The number of aromatic nitrogens is 2. The van der Waals surface area contributed by atoms with E-state index in [2.05, 4.69) is 20.5 Å². The molecular formula is C17H16Cl2N6O. The summed E-state index contributed by atoms with van der Waals surface area (Å²) >= 11 is 5.82. The molecule has 3 rings (SSSR count). The Bertz CT molecular complexity index is 915. The van der Waals surface area contributed by atoms with E-state index < -0.39 is 0 Å². The van der Waals surface area contributed by atoms with Gasteiger partial charge < -0.3 is 16.8 Å². The lowest BCUT2D eigenvalue weighted by atomic mass is 10.1. The van der Waals surface area contributed by atoms with Gasteiger partial charge in [0.1, 0.15) is 5.69 Å². The average Bonchev–Trinajstić information content (AvgIpc) is 3.07. The van der Waals surface area contributed by atoms with Crippen LogP contribution >= 0.6 is 24.0 Å². The molecule has 0 atom stereocenters. The Morgan fingerprint density at radius 2 is 1.73 bits per heavy atom. The van der Waals surface area contributed by atoms with Crippen LogP contribution in [0.15, 0.2) is 59.6 Å². The highest BCUT2D eigenvalue weighted by Crippen LogP contribution is 2.22. The van der Waals surface area contributed by atoms with E-state index >= 15 is 0 Å². The second kappa shape index (κ2) is 8.37. The van der Waals surface area contributed by atoms with Crippen molar-refractivity contribution in [1.82, 2.24) is 10.2 Å². The van der Waals surface area contributed by atoms with E-state index in [0.29, 0.717) is 27.8 Å². The fourth-order valence-electron chi connectivity index (χ4n) is 2.17. The Balaban J connectivity index is 0.00000243. The van der Waals surface area contributed by atoms with Crippen LogP contribution in [0.1, 0.15) is 10.5 Å². The van der Waals surface area contributed by atoms with E-state index in [0.717, 1.165) is 5.56 Å². The molecule has 7 nitrogen and oxygen atoms in total. The number of anilines is 1. The lowest BCUT2D eigenvalue weighted by Crippen LogP contribution is -2.21. The largest absolute Gasteiger partial charge is 0.370 e. The number of guanidine groups is 1. The van der Waals surface area contributed by atoms with Crippen molar-refractivity contribution in [1.29, 1.82) is 0 Å². The summed E-state index contributed by atoms with van der Waals surface area (Å²) in [4.78, 5) is 16.2. The first-order chi connectivity index (χ1) is 12.0. The summed E-state index contributed by atoms with van der Waals surface area (Å²) in [6.45, 7) is 0. The zero-order valence-electron chi connectivity index (χ0n) is 13.4. The number of H-pyrrole nitrogens is 1. The minimum absolute atomic E-state index is 0. The smallest absolute Gasteiger partial charge is 0.273 e. The van der Waals surface area contributed by atoms with Gasteiger partial charge in [-0.1, -0.05) is 23.7 Å². The van der Waals surface area contributed by atoms with Crippen molar-refractivity contribution < 1.29 is 4.79 Å². The summed E-state index contributed by atoms with van der Waals surface area (Å²) in [5, 5.41) is 10.3. The maximum absolute atomic E-state index is 12.3. The maximum atomic E-state index is 12.3. The number of nitrogens with one attached hydrogen (secondary N) is 2. The number of carbonyl (C=O) groups excluding carboxylic acids is 1. The quantitative estimate of drug-likeness (QED) is 0.403. The normalized spacial score (nSPS) is 9.88. The van der Waals surface area contributed by atoms with Crippen molar-refractivity contribution in [3.05, 3.63) is 65.3 Å². The molecule has 0 bridgehead atoms. The molecule has 0 aliphatic carbocycles. The number of nitrogens with zero attached hydrogens (tertiary/aromatic N) is 2. The van der Waals surface area contributed by atoms with Gasteiger partial charge in [0.25, 0.3) is 5.91 Å². The number of carbonyl (C=O) groups is 1. The van der Waals surface area contributed by atoms with Gasteiger partial charge in [-0.05, 0) is 42.5 Å². The number of rotatable bonds is 4. The summed E-state index contributed by atoms with van der Waals surface area (Å²) in [7, 11) is 0. The summed E-state index contributed by atoms with van der Waals surface area (Å²) in [5.41, 5.74) is 13.8. The molecule has 2 aromatic carbocycles. The number of hydrogen-bond acceptors (Lipinski definition) is 3. The molecule has 0 aliphatic heterocycles. The minimum atomic E-state index is -0.293. The van der Waals surface area contributed by atoms with Gasteiger partial charge in [0.15, 0.2) is 5.96 Å². The topological polar surface area (TPSA) is 122 Å². The van der Waals surface area contributed by atoms with Gasteiger partial charge in [0.05, 0.1) is 11.4 Å². The summed E-state index contributed by atoms with van der Waals surface area (Å²) in [6.07, 6.45) is 0. The van der Waals surface area contributed by atoms with Crippen molar-refractivity contribution in [2.75, 3.05) is 5.32 Å². The number of amides is 1. The number of benzene rings is 2. The highest BCUT2D eigenvalue weighted by molar-refractivity contribution is 6.30. The van der Waals surface area contributed by atoms with Crippen molar-refractivity contribution in [2.45, 2.75) is 0 Å². The van der Waals surface area contributed by atoms with Crippen LogP contribution in [0.4, 0.5) is 11.4 Å². The zero-order chi connectivity index (χ0) is 17.8. The molecular weight excluding hydrogens is 375 g/mol. The van der Waals surface area contributed by atoms with Gasteiger partial charge in [0.2, 0.25) is 0 Å². The lowest BCUT2D eigenvalue weighted by Gasteiger charge is -2.02. The molecule has 3 aromatic rings. The molecule has 0 saturated heterocycles. The van der Waals surface area contributed by atoms with Gasteiger partial charge in [-0.25, -0.2) is 4.99 Å². The number of aromatic amines is 1. The van der Waals surface area contributed by atoms with E-state index in [1.54, 1.807) is 42.5 Å². The van der Waals surface area contributed by atoms with E-state index in [4.69, 9.17) is 23.1 Å². The molecule has 0 spiro atoms. The van der Waals surface area contributed by atoms with E-state index in [9.17, 15) is 4.79 Å². The SMILES string of the molecule is Cl.NC(N)=Nc1ccc(-c2cc(C(=O)Nc3ccc(Cl)cc3)[nH]n2)cc1. The van der Waals surface area contributed by atoms with E-state index in [-0.39, 0.29) is 24.3 Å².